The molecule has 1 atom stereocenters. The molecule has 2 heteroatoms. The molecule has 0 aliphatic heterocycles. The van der Waals surface area contributed by atoms with Gasteiger partial charge in [-0.1, -0.05) is 34.1 Å². The van der Waals surface area contributed by atoms with Crippen molar-refractivity contribution in [2.45, 2.75) is 47.0 Å². The quantitative estimate of drug-likeness (QED) is 0.563. The first kappa shape index (κ1) is 14.9. The zero-order chi connectivity index (χ0) is 11.5. The van der Waals surface area contributed by atoms with Crippen LogP contribution in [0.4, 0.5) is 0 Å². The van der Waals surface area contributed by atoms with Gasteiger partial charge >= 0.3 is 0 Å². The van der Waals surface area contributed by atoms with Crippen molar-refractivity contribution in [1.29, 1.82) is 0 Å². The summed E-state index contributed by atoms with van der Waals surface area (Å²) in [5, 5.41) is 3.46. The molecule has 0 saturated heterocycles. The minimum atomic E-state index is 0.877. The van der Waals surface area contributed by atoms with Crippen LogP contribution in [-0.2, 0) is 0 Å². The van der Waals surface area contributed by atoms with E-state index < -0.39 is 0 Å². The van der Waals surface area contributed by atoms with Gasteiger partial charge in [-0.15, -0.1) is 0 Å². The summed E-state index contributed by atoms with van der Waals surface area (Å²) in [5.41, 5.74) is 0. The van der Waals surface area contributed by atoms with Gasteiger partial charge in [-0.25, -0.2) is 0 Å². The molecule has 0 aromatic rings. The van der Waals surface area contributed by atoms with Crippen LogP contribution >= 0.6 is 0 Å². The Bertz CT molecular complexity index is 126. The average Bonchev–Trinajstić information content (AvgIpc) is 2.27. The summed E-state index contributed by atoms with van der Waals surface area (Å²) in [7, 11) is 0. The molecule has 92 valence electrons. The molecule has 15 heavy (non-hydrogen) atoms. The maximum absolute atomic E-state index is 3.46. The van der Waals surface area contributed by atoms with Crippen LogP contribution in [0.5, 0.6) is 0 Å². The minimum absolute atomic E-state index is 0.877. The monoisotopic (exact) mass is 214 g/mol. The minimum Gasteiger partial charge on any atom is -0.315 e. The van der Waals surface area contributed by atoms with E-state index in [0.717, 1.165) is 19.0 Å². The molecule has 0 unspecified atom stereocenters. The lowest BCUT2D eigenvalue weighted by Gasteiger charge is -2.22. The van der Waals surface area contributed by atoms with Crippen LogP contribution in [0.1, 0.15) is 47.0 Å². The average molecular weight is 214 g/mol. The lowest BCUT2D eigenvalue weighted by Crippen LogP contribution is -2.33. The highest BCUT2D eigenvalue weighted by molar-refractivity contribution is 4.60. The maximum Gasteiger partial charge on any atom is 0.0107 e. The van der Waals surface area contributed by atoms with E-state index in [-0.39, 0.29) is 0 Å². The van der Waals surface area contributed by atoms with Crippen LogP contribution in [0.2, 0.25) is 0 Å². The van der Waals surface area contributed by atoms with Gasteiger partial charge < -0.3 is 10.2 Å². The van der Waals surface area contributed by atoms with Crippen LogP contribution < -0.4 is 5.32 Å². The highest BCUT2D eigenvalue weighted by Gasteiger charge is 2.04. The Hall–Kier alpha value is -0.0800. The molecule has 0 aliphatic rings. The topological polar surface area (TPSA) is 15.3 Å². The van der Waals surface area contributed by atoms with Crippen LogP contribution in [0.15, 0.2) is 0 Å². The Morgan fingerprint density at radius 2 is 1.80 bits per heavy atom. The second-order valence-electron chi connectivity index (χ2n) is 4.49. The van der Waals surface area contributed by atoms with E-state index in [1.54, 1.807) is 0 Å². The van der Waals surface area contributed by atoms with Crippen molar-refractivity contribution in [3.05, 3.63) is 0 Å². The number of likely N-dealkylation sites (N-methyl/N-ethyl adjacent to an activating group) is 1. The van der Waals surface area contributed by atoms with Crippen LogP contribution in [0.25, 0.3) is 0 Å². The van der Waals surface area contributed by atoms with Crippen molar-refractivity contribution in [3.63, 3.8) is 0 Å². The van der Waals surface area contributed by atoms with Gasteiger partial charge in [-0.05, 0) is 38.4 Å². The fourth-order valence-electron chi connectivity index (χ4n) is 1.57. The summed E-state index contributed by atoms with van der Waals surface area (Å²) in [4.78, 5) is 2.55. The molecule has 0 amide bonds. The Morgan fingerprint density at radius 3 is 2.33 bits per heavy atom. The smallest absolute Gasteiger partial charge is 0.0107 e. The Kier molecular flexibility index (Phi) is 10.4. The summed E-state index contributed by atoms with van der Waals surface area (Å²) < 4.78 is 0. The molecule has 0 radical (unpaired) electrons. The molecule has 0 aliphatic carbocycles. The second-order valence-corrected chi connectivity index (χ2v) is 4.49. The van der Waals surface area contributed by atoms with Crippen LogP contribution in [0.3, 0.4) is 0 Å². The van der Waals surface area contributed by atoms with E-state index >= 15 is 0 Å². The highest BCUT2D eigenvalue weighted by Crippen LogP contribution is 2.07. The zero-order valence-corrected chi connectivity index (χ0v) is 11.2. The van der Waals surface area contributed by atoms with E-state index in [2.05, 4.69) is 37.9 Å². The maximum atomic E-state index is 3.46. The summed E-state index contributed by atoms with van der Waals surface area (Å²) in [6.45, 7) is 15.1. The Morgan fingerprint density at radius 1 is 1.07 bits per heavy atom. The summed E-state index contributed by atoms with van der Waals surface area (Å²) in [6, 6.07) is 0. The Labute approximate surface area is 96.4 Å². The zero-order valence-electron chi connectivity index (χ0n) is 11.2. The highest BCUT2D eigenvalue weighted by atomic mass is 15.1. The molecule has 0 aromatic heterocycles. The van der Waals surface area contributed by atoms with Crippen molar-refractivity contribution < 1.29 is 0 Å². The molecule has 0 bridgehead atoms. The molecule has 0 heterocycles. The molecule has 0 saturated carbocycles. The van der Waals surface area contributed by atoms with Gasteiger partial charge in [0, 0.05) is 13.1 Å². The predicted octanol–water partition coefficient (Wildman–Crippen LogP) is 2.74. The standard InChI is InChI=1S/C13H30N2/c1-5-9-14-10-12-15(7-3)11-8-13(4)6-2/h13-14H,5-12H2,1-4H3/t13-/m0/s1. The van der Waals surface area contributed by atoms with Crippen molar-refractivity contribution in [2.24, 2.45) is 5.92 Å². The first-order valence-electron chi connectivity index (χ1n) is 6.67. The van der Waals surface area contributed by atoms with Crippen molar-refractivity contribution >= 4 is 0 Å². The lowest BCUT2D eigenvalue weighted by atomic mass is 10.1. The van der Waals surface area contributed by atoms with Gasteiger partial charge in [0.05, 0.1) is 0 Å². The number of hydrogen-bond donors (Lipinski definition) is 1. The molecular weight excluding hydrogens is 184 g/mol. The van der Waals surface area contributed by atoms with Crippen LogP contribution in [-0.4, -0.2) is 37.6 Å². The van der Waals surface area contributed by atoms with Gasteiger partial charge in [0.15, 0.2) is 0 Å². The first-order chi connectivity index (χ1) is 7.24. The molecule has 1 N–H and O–H groups in total. The third kappa shape index (κ3) is 8.88. The third-order valence-corrected chi connectivity index (χ3v) is 3.11. The molecule has 0 rings (SSSR count). The Balaban J connectivity index is 3.46. The van der Waals surface area contributed by atoms with E-state index in [1.807, 2.05) is 0 Å². The molecule has 0 aromatic carbocycles. The number of nitrogens with zero attached hydrogens (tertiary/aromatic N) is 1. The van der Waals surface area contributed by atoms with Gasteiger partial charge in [0.1, 0.15) is 0 Å². The number of rotatable bonds is 10. The number of nitrogens with one attached hydrogen (secondary N) is 1. The molecule has 0 fully saturated rings. The normalized spacial score (nSPS) is 13.4. The largest absolute Gasteiger partial charge is 0.315 e. The fourth-order valence-corrected chi connectivity index (χ4v) is 1.57. The third-order valence-electron chi connectivity index (χ3n) is 3.11. The van der Waals surface area contributed by atoms with E-state index in [0.29, 0.717) is 0 Å². The van der Waals surface area contributed by atoms with Gasteiger partial charge in [0.25, 0.3) is 0 Å². The molecule has 2 nitrogen and oxygen atoms in total. The van der Waals surface area contributed by atoms with E-state index in [1.165, 1.54) is 38.9 Å². The SMILES string of the molecule is CCCNCCN(CC)CC[C@@H](C)CC. The van der Waals surface area contributed by atoms with E-state index in [4.69, 9.17) is 0 Å². The second kappa shape index (κ2) is 10.4. The van der Waals surface area contributed by atoms with Gasteiger partial charge in [-0.2, -0.15) is 0 Å². The van der Waals surface area contributed by atoms with E-state index in [9.17, 15) is 0 Å². The van der Waals surface area contributed by atoms with Crippen LogP contribution in [0, 0.1) is 5.92 Å². The summed E-state index contributed by atoms with van der Waals surface area (Å²) >= 11 is 0. The van der Waals surface area contributed by atoms with Crippen molar-refractivity contribution in [2.75, 3.05) is 32.7 Å². The summed E-state index contributed by atoms with van der Waals surface area (Å²) in [5.74, 6) is 0.877. The van der Waals surface area contributed by atoms with Crippen molar-refractivity contribution in [3.8, 4) is 0 Å². The fraction of sp³-hybridized carbons (Fsp3) is 1.00. The summed E-state index contributed by atoms with van der Waals surface area (Å²) in [6.07, 6.45) is 3.89. The van der Waals surface area contributed by atoms with Gasteiger partial charge in [-0.3, -0.25) is 0 Å². The lowest BCUT2D eigenvalue weighted by molar-refractivity contribution is 0.265. The first-order valence-corrected chi connectivity index (χ1v) is 6.67. The molecule has 0 spiro atoms. The number of hydrogen-bond acceptors (Lipinski definition) is 2. The molecular formula is C13H30N2. The van der Waals surface area contributed by atoms with Crippen molar-refractivity contribution in [1.82, 2.24) is 10.2 Å². The van der Waals surface area contributed by atoms with Gasteiger partial charge in [0.2, 0.25) is 0 Å². The predicted molar refractivity (Wildman–Crippen MR) is 69.3 cm³/mol.